The highest BCUT2D eigenvalue weighted by atomic mass is 16.5. The predicted molar refractivity (Wildman–Crippen MR) is 82.8 cm³/mol. The highest BCUT2D eigenvalue weighted by molar-refractivity contribution is 5.78. The third-order valence-electron chi connectivity index (χ3n) is 4.50. The molecular formula is C17H22N2O3. The first-order valence-electron chi connectivity index (χ1n) is 7.45. The fourth-order valence-electron chi connectivity index (χ4n) is 2.76. The second-order valence-electron chi connectivity index (χ2n) is 5.63. The second kappa shape index (κ2) is 6.69. The molecule has 1 amide bonds. The molecule has 0 heterocycles. The number of nitriles is 1. The minimum Gasteiger partial charge on any atom is -0.497 e. The van der Waals surface area contributed by atoms with E-state index in [0.717, 1.165) is 36.3 Å². The fraction of sp³-hybridized carbons (Fsp3) is 0.529. The maximum atomic E-state index is 12.4. The van der Waals surface area contributed by atoms with Gasteiger partial charge in [-0.15, -0.1) is 0 Å². The predicted octanol–water partition coefficient (Wildman–Crippen LogP) is 2.54. The molecule has 0 aliphatic heterocycles. The Hall–Kier alpha value is -2.22. The number of carbonyl (C=O) groups is 1. The smallest absolute Gasteiger partial charge is 0.223 e. The largest absolute Gasteiger partial charge is 0.497 e. The van der Waals surface area contributed by atoms with Crippen molar-refractivity contribution in [2.45, 2.75) is 37.6 Å². The van der Waals surface area contributed by atoms with Crippen molar-refractivity contribution in [2.24, 2.45) is 0 Å². The van der Waals surface area contributed by atoms with Gasteiger partial charge < -0.3 is 14.4 Å². The summed E-state index contributed by atoms with van der Waals surface area (Å²) < 4.78 is 10.5. The Morgan fingerprint density at radius 3 is 2.59 bits per heavy atom. The number of hydrogen-bond acceptors (Lipinski definition) is 4. The van der Waals surface area contributed by atoms with Crippen LogP contribution < -0.4 is 9.47 Å². The van der Waals surface area contributed by atoms with E-state index < -0.39 is 5.54 Å². The Bertz CT molecular complexity index is 588. The molecule has 0 spiro atoms. The Kier molecular flexibility index (Phi) is 4.92. The quantitative estimate of drug-likeness (QED) is 0.810. The zero-order valence-corrected chi connectivity index (χ0v) is 13.4. The van der Waals surface area contributed by atoms with Crippen molar-refractivity contribution in [1.82, 2.24) is 4.90 Å². The maximum Gasteiger partial charge on any atom is 0.223 e. The molecule has 5 heteroatoms. The van der Waals surface area contributed by atoms with Crippen LogP contribution in [0.25, 0.3) is 0 Å². The number of rotatable bonds is 6. The molecule has 1 fully saturated rings. The minimum absolute atomic E-state index is 0.00822. The number of aryl methyl sites for hydroxylation is 1. The summed E-state index contributed by atoms with van der Waals surface area (Å²) in [4.78, 5) is 14.0. The molecule has 5 nitrogen and oxygen atoms in total. The topological polar surface area (TPSA) is 62.6 Å². The van der Waals surface area contributed by atoms with Crippen molar-refractivity contribution in [3.63, 3.8) is 0 Å². The molecule has 22 heavy (non-hydrogen) atoms. The molecule has 1 saturated carbocycles. The number of hydrogen-bond donors (Lipinski definition) is 0. The maximum absolute atomic E-state index is 12.4. The SMILES string of the molecule is COc1ccc(OC)c(CCC(=O)N(C)C2(C#N)CCC2)c1. The Morgan fingerprint density at radius 2 is 2.09 bits per heavy atom. The summed E-state index contributed by atoms with van der Waals surface area (Å²) >= 11 is 0. The third kappa shape index (κ3) is 3.01. The van der Waals surface area contributed by atoms with Crippen molar-refractivity contribution in [2.75, 3.05) is 21.3 Å². The van der Waals surface area contributed by atoms with Gasteiger partial charge in [0.2, 0.25) is 5.91 Å². The molecule has 0 saturated heterocycles. The number of amides is 1. The summed E-state index contributed by atoms with van der Waals surface area (Å²) in [6.07, 6.45) is 3.46. The molecule has 0 atom stereocenters. The molecule has 0 radical (unpaired) electrons. The van der Waals surface area contributed by atoms with Gasteiger partial charge in [0.25, 0.3) is 0 Å². The summed E-state index contributed by atoms with van der Waals surface area (Å²) in [6, 6.07) is 7.85. The molecule has 1 aromatic rings. The van der Waals surface area contributed by atoms with Gasteiger partial charge in [-0.2, -0.15) is 5.26 Å². The highest BCUT2D eigenvalue weighted by Gasteiger charge is 2.43. The Morgan fingerprint density at radius 1 is 1.36 bits per heavy atom. The van der Waals surface area contributed by atoms with Crippen LogP contribution in [0.3, 0.4) is 0 Å². The lowest BCUT2D eigenvalue weighted by molar-refractivity contribution is -0.136. The van der Waals surface area contributed by atoms with Gasteiger partial charge in [-0.1, -0.05) is 0 Å². The Balaban J connectivity index is 2.03. The van der Waals surface area contributed by atoms with Crippen LogP contribution in [0, 0.1) is 11.3 Å². The van der Waals surface area contributed by atoms with E-state index in [0.29, 0.717) is 12.8 Å². The van der Waals surface area contributed by atoms with Gasteiger partial charge in [0, 0.05) is 13.5 Å². The first-order chi connectivity index (χ1) is 10.6. The standard InChI is InChI=1S/C17H22N2O3/c1-19(17(12-18)9-4-10-17)16(20)8-5-13-11-14(21-2)6-7-15(13)22-3/h6-7,11H,4-5,8-10H2,1-3H3. The van der Waals surface area contributed by atoms with Crippen LogP contribution in [0.1, 0.15) is 31.2 Å². The summed E-state index contributed by atoms with van der Waals surface area (Å²) in [5, 5.41) is 9.31. The van der Waals surface area contributed by atoms with Crippen LogP contribution in [0.4, 0.5) is 0 Å². The van der Waals surface area contributed by atoms with E-state index in [2.05, 4.69) is 6.07 Å². The van der Waals surface area contributed by atoms with Crippen molar-refractivity contribution in [3.05, 3.63) is 23.8 Å². The first kappa shape index (κ1) is 16.2. The van der Waals surface area contributed by atoms with E-state index in [1.165, 1.54) is 0 Å². The first-order valence-corrected chi connectivity index (χ1v) is 7.45. The molecule has 0 unspecified atom stereocenters. The number of methoxy groups -OCH3 is 2. The molecule has 2 rings (SSSR count). The van der Waals surface area contributed by atoms with Gasteiger partial charge in [-0.05, 0) is 49.4 Å². The number of ether oxygens (including phenoxy) is 2. The molecule has 0 aromatic heterocycles. The molecule has 1 aromatic carbocycles. The lowest BCUT2D eigenvalue weighted by Gasteiger charge is -2.43. The molecule has 0 N–H and O–H groups in total. The average molecular weight is 302 g/mol. The monoisotopic (exact) mass is 302 g/mol. The lowest BCUT2D eigenvalue weighted by Crippen LogP contribution is -2.53. The normalized spacial score (nSPS) is 15.4. The van der Waals surface area contributed by atoms with E-state index in [9.17, 15) is 10.1 Å². The molecule has 1 aliphatic rings. The van der Waals surface area contributed by atoms with Crippen molar-refractivity contribution in [1.29, 1.82) is 5.26 Å². The second-order valence-corrected chi connectivity index (χ2v) is 5.63. The van der Waals surface area contributed by atoms with Gasteiger partial charge in [-0.25, -0.2) is 0 Å². The third-order valence-corrected chi connectivity index (χ3v) is 4.50. The Labute approximate surface area is 131 Å². The zero-order chi connectivity index (χ0) is 16.2. The number of carbonyl (C=O) groups excluding carboxylic acids is 1. The summed E-state index contributed by atoms with van der Waals surface area (Å²) in [7, 11) is 4.95. The number of nitrogens with zero attached hydrogens (tertiary/aromatic N) is 2. The van der Waals surface area contributed by atoms with E-state index in [-0.39, 0.29) is 5.91 Å². The van der Waals surface area contributed by atoms with E-state index in [4.69, 9.17) is 9.47 Å². The van der Waals surface area contributed by atoms with E-state index >= 15 is 0 Å². The molecule has 118 valence electrons. The van der Waals surface area contributed by atoms with Crippen LogP contribution in [-0.2, 0) is 11.2 Å². The van der Waals surface area contributed by atoms with Crippen LogP contribution >= 0.6 is 0 Å². The van der Waals surface area contributed by atoms with Gasteiger partial charge in [0.1, 0.15) is 17.0 Å². The van der Waals surface area contributed by atoms with Crippen LogP contribution in [0.15, 0.2) is 18.2 Å². The highest BCUT2D eigenvalue weighted by Crippen LogP contribution is 2.36. The van der Waals surface area contributed by atoms with Gasteiger partial charge in [-0.3, -0.25) is 4.79 Å². The van der Waals surface area contributed by atoms with E-state index in [1.54, 1.807) is 26.2 Å². The lowest BCUT2D eigenvalue weighted by atomic mass is 9.76. The molecular weight excluding hydrogens is 280 g/mol. The average Bonchev–Trinajstić information content (AvgIpc) is 2.51. The van der Waals surface area contributed by atoms with Gasteiger partial charge in [0.15, 0.2) is 0 Å². The molecule has 0 bridgehead atoms. The zero-order valence-electron chi connectivity index (χ0n) is 13.4. The van der Waals surface area contributed by atoms with Crippen LogP contribution in [0.2, 0.25) is 0 Å². The van der Waals surface area contributed by atoms with Crippen LogP contribution in [0.5, 0.6) is 11.5 Å². The summed E-state index contributed by atoms with van der Waals surface area (Å²) in [5.41, 5.74) is 0.346. The summed E-state index contributed by atoms with van der Waals surface area (Å²) in [6.45, 7) is 0. The number of benzene rings is 1. The van der Waals surface area contributed by atoms with Crippen molar-refractivity contribution >= 4 is 5.91 Å². The van der Waals surface area contributed by atoms with Crippen molar-refractivity contribution < 1.29 is 14.3 Å². The van der Waals surface area contributed by atoms with Gasteiger partial charge in [0.05, 0.1) is 20.3 Å². The van der Waals surface area contributed by atoms with Crippen LogP contribution in [-0.4, -0.2) is 37.6 Å². The minimum atomic E-state index is -0.588. The summed E-state index contributed by atoms with van der Waals surface area (Å²) in [5.74, 6) is 1.48. The fourth-order valence-corrected chi connectivity index (χ4v) is 2.76. The van der Waals surface area contributed by atoms with Crippen molar-refractivity contribution in [3.8, 4) is 17.6 Å². The van der Waals surface area contributed by atoms with E-state index in [1.807, 2.05) is 18.2 Å². The molecule has 1 aliphatic carbocycles. The van der Waals surface area contributed by atoms with Gasteiger partial charge >= 0.3 is 0 Å².